The lowest BCUT2D eigenvalue weighted by Gasteiger charge is -2.36. The first-order valence-corrected chi connectivity index (χ1v) is 8.14. The van der Waals surface area contributed by atoms with Crippen molar-refractivity contribution in [1.29, 1.82) is 0 Å². The van der Waals surface area contributed by atoms with E-state index in [1.54, 1.807) is 0 Å². The van der Waals surface area contributed by atoms with Crippen molar-refractivity contribution < 1.29 is 9.90 Å². The predicted molar refractivity (Wildman–Crippen MR) is 79.9 cm³/mol. The highest BCUT2D eigenvalue weighted by Crippen LogP contribution is 2.43. The smallest absolute Gasteiger partial charge is 0.320 e. The molecule has 0 amide bonds. The number of carbonyl (C=O) groups is 1. The van der Waals surface area contributed by atoms with E-state index in [2.05, 4.69) is 30.0 Å². The fourth-order valence-corrected chi connectivity index (χ4v) is 4.22. The van der Waals surface area contributed by atoms with Crippen LogP contribution in [0.5, 0.6) is 0 Å². The van der Waals surface area contributed by atoms with E-state index >= 15 is 0 Å². The van der Waals surface area contributed by atoms with Crippen molar-refractivity contribution in [3.63, 3.8) is 0 Å². The lowest BCUT2D eigenvalue weighted by molar-refractivity contribution is -0.143. The molecule has 2 aliphatic rings. The van der Waals surface area contributed by atoms with Crippen LogP contribution in [0.4, 0.5) is 0 Å². The van der Waals surface area contributed by atoms with E-state index in [-0.39, 0.29) is 12.1 Å². The fraction of sp³-hybridized carbons (Fsp3) is 0.750. The van der Waals surface area contributed by atoms with Crippen LogP contribution in [-0.4, -0.2) is 37.8 Å². The van der Waals surface area contributed by atoms with Crippen molar-refractivity contribution >= 4 is 5.97 Å². The molecule has 5 nitrogen and oxygen atoms in total. The summed E-state index contributed by atoms with van der Waals surface area (Å²) in [7, 11) is 0. The summed E-state index contributed by atoms with van der Waals surface area (Å²) in [4.78, 5) is 13.9. The Balaban J connectivity index is 1.86. The second kappa shape index (κ2) is 5.79. The van der Waals surface area contributed by atoms with Crippen molar-refractivity contribution in [3.05, 3.63) is 18.0 Å². The normalized spacial score (nSPS) is 31.0. The third kappa shape index (κ3) is 2.59. The Morgan fingerprint density at radius 2 is 2.24 bits per heavy atom. The molecule has 1 saturated heterocycles. The molecule has 2 fully saturated rings. The molecule has 1 aliphatic carbocycles. The van der Waals surface area contributed by atoms with Gasteiger partial charge in [-0.25, -0.2) is 0 Å². The Morgan fingerprint density at radius 1 is 1.48 bits per heavy atom. The van der Waals surface area contributed by atoms with Crippen LogP contribution in [-0.2, 0) is 11.3 Å². The topological polar surface area (TPSA) is 58.4 Å². The first-order chi connectivity index (χ1) is 10.1. The lowest BCUT2D eigenvalue weighted by Crippen LogP contribution is -2.43. The van der Waals surface area contributed by atoms with Crippen LogP contribution in [0.15, 0.2) is 12.4 Å². The quantitative estimate of drug-likeness (QED) is 0.926. The molecule has 1 aliphatic heterocycles. The minimum atomic E-state index is -0.667. The Hall–Kier alpha value is -1.36. The first kappa shape index (κ1) is 14.6. The molecule has 1 aromatic rings. The average Bonchev–Trinajstić information content (AvgIpc) is 3.11. The summed E-state index contributed by atoms with van der Waals surface area (Å²) in [6.07, 6.45) is 9.57. The fourth-order valence-electron chi connectivity index (χ4n) is 4.22. The van der Waals surface area contributed by atoms with E-state index in [1.165, 1.54) is 19.3 Å². The van der Waals surface area contributed by atoms with E-state index in [4.69, 9.17) is 0 Å². The molecule has 4 unspecified atom stereocenters. The third-order valence-corrected chi connectivity index (χ3v) is 5.33. The molecule has 1 N–H and O–H groups in total. The van der Waals surface area contributed by atoms with Gasteiger partial charge < -0.3 is 5.11 Å². The number of fused-ring (bicyclic) bond motifs is 1. The second-order valence-electron chi connectivity index (χ2n) is 6.45. The van der Waals surface area contributed by atoms with E-state index in [0.717, 1.165) is 24.9 Å². The summed E-state index contributed by atoms with van der Waals surface area (Å²) >= 11 is 0. The van der Waals surface area contributed by atoms with E-state index in [0.29, 0.717) is 12.0 Å². The zero-order chi connectivity index (χ0) is 15.0. The van der Waals surface area contributed by atoms with Gasteiger partial charge in [-0.1, -0.05) is 12.8 Å². The van der Waals surface area contributed by atoms with Gasteiger partial charge in [0.05, 0.1) is 6.20 Å². The molecule has 1 saturated carbocycles. The van der Waals surface area contributed by atoms with Crippen molar-refractivity contribution in [2.45, 2.75) is 70.6 Å². The molecule has 0 bridgehead atoms. The maximum Gasteiger partial charge on any atom is 0.320 e. The molecule has 2 heterocycles. The summed E-state index contributed by atoms with van der Waals surface area (Å²) in [6.45, 7) is 5.04. The molecular formula is C16H25N3O2. The highest BCUT2D eigenvalue weighted by molar-refractivity contribution is 5.74. The first-order valence-electron chi connectivity index (χ1n) is 8.14. The molecule has 0 aromatic carbocycles. The van der Waals surface area contributed by atoms with E-state index in [1.807, 2.05) is 10.9 Å². The van der Waals surface area contributed by atoms with Crippen LogP contribution in [0.25, 0.3) is 0 Å². The van der Waals surface area contributed by atoms with Gasteiger partial charge in [-0.05, 0) is 39.0 Å². The second-order valence-corrected chi connectivity index (χ2v) is 6.45. The van der Waals surface area contributed by atoms with Crippen LogP contribution in [0.3, 0.4) is 0 Å². The molecule has 0 radical (unpaired) electrons. The molecule has 0 spiro atoms. The van der Waals surface area contributed by atoms with Crippen molar-refractivity contribution in [3.8, 4) is 0 Å². The number of aryl methyl sites for hydroxylation is 1. The number of carboxylic acid groups (broad SMARTS) is 1. The SMILES string of the molecule is CCn1cc(C(C)N2C(C(=O)O)CC3CCCCC32)cn1. The van der Waals surface area contributed by atoms with Crippen molar-refractivity contribution in [2.24, 2.45) is 5.92 Å². The maximum atomic E-state index is 11.7. The molecule has 3 rings (SSSR count). The number of rotatable bonds is 4. The van der Waals surface area contributed by atoms with Crippen LogP contribution >= 0.6 is 0 Å². The number of nitrogens with zero attached hydrogens (tertiary/aromatic N) is 3. The van der Waals surface area contributed by atoms with Crippen LogP contribution in [0.1, 0.15) is 57.6 Å². The van der Waals surface area contributed by atoms with Gasteiger partial charge in [-0.2, -0.15) is 5.10 Å². The summed E-state index contributed by atoms with van der Waals surface area (Å²) in [5.41, 5.74) is 1.13. The minimum Gasteiger partial charge on any atom is -0.480 e. The number of aromatic nitrogens is 2. The predicted octanol–water partition coefficient (Wildman–Crippen LogP) is 2.68. The van der Waals surface area contributed by atoms with Crippen LogP contribution in [0, 0.1) is 5.92 Å². The number of aliphatic carboxylic acids is 1. The summed E-state index contributed by atoms with van der Waals surface area (Å²) < 4.78 is 1.91. The Morgan fingerprint density at radius 3 is 2.90 bits per heavy atom. The zero-order valence-electron chi connectivity index (χ0n) is 12.9. The Kier molecular flexibility index (Phi) is 4.02. The highest BCUT2D eigenvalue weighted by atomic mass is 16.4. The van der Waals surface area contributed by atoms with Gasteiger partial charge >= 0.3 is 5.97 Å². The lowest BCUT2D eigenvalue weighted by atomic mass is 9.84. The van der Waals surface area contributed by atoms with E-state index in [9.17, 15) is 9.90 Å². The monoisotopic (exact) mass is 291 g/mol. The van der Waals surface area contributed by atoms with Gasteiger partial charge in [-0.15, -0.1) is 0 Å². The average molecular weight is 291 g/mol. The maximum absolute atomic E-state index is 11.7. The summed E-state index contributed by atoms with van der Waals surface area (Å²) in [5, 5.41) is 14.0. The number of hydrogen-bond donors (Lipinski definition) is 1. The highest BCUT2D eigenvalue weighted by Gasteiger charge is 2.47. The van der Waals surface area contributed by atoms with Gasteiger partial charge in [0.15, 0.2) is 0 Å². The Bertz CT molecular complexity index is 513. The van der Waals surface area contributed by atoms with E-state index < -0.39 is 5.97 Å². The largest absolute Gasteiger partial charge is 0.480 e. The van der Waals surface area contributed by atoms with Crippen LogP contribution in [0.2, 0.25) is 0 Å². The Labute approximate surface area is 125 Å². The zero-order valence-corrected chi connectivity index (χ0v) is 12.9. The van der Waals surface area contributed by atoms with Gasteiger partial charge in [-0.3, -0.25) is 14.4 Å². The molecular weight excluding hydrogens is 266 g/mol. The van der Waals surface area contributed by atoms with Gasteiger partial charge in [0, 0.05) is 30.4 Å². The minimum absolute atomic E-state index is 0.125. The van der Waals surface area contributed by atoms with Crippen molar-refractivity contribution in [2.75, 3.05) is 0 Å². The van der Waals surface area contributed by atoms with Crippen LogP contribution < -0.4 is 0 Å². The number of hydrogen-bond acceptors (Lipinski definition) is 3. The van der Waals surface area contributed by atoms with Gasteiger partial charge in [0.25, 0.3) is 0 Å². The summed E-state index contributed by atoms with van der Waals surface area (Å²) in [6, 6.07) is 0.220. The molecule has 21 heavy (non-hydrogen) atoms. The standard InChI is InChI=1S/C16H25N3O2/c1-3-18-10-13(9-17-18)11(2)19-14-7-5-4-6-12(14)8-15(19)16(20)21/h9-12,14-15H,3-8H2,1-2H3,(H,20,21). The third-order valence-electron chi connectivity index (χ3n) is 5.33. The number of likely N-dealkylation sites (tertiary alicyclic amines) is 1. The van der Waals surface area contributed by atoms with Gasteiger partial charge in [0.1, 0.15) is 6.04 Å². The molecule has 5 heteroatoms. The van der Waals surface area contributed by atoms with Crippen molar-refractivity contribution in [1.82, 2.24) is 14.7 Å². The number of carboxylic acids is 1. The van der Waals surface area contributed by atoms with Gasteiger partial charge in [0.2, 0.25) is 0 Å². The summed E-state index contributed by atoms with van der Waals surface area (Å²) in [5.74, 6) is -0.109. The molecule has 1 aromatic heterocycles. The molecule has 116 valence electrons. The molecule has 4 atom stereocenters.